The van der Waals surface area contributed by atoms with Crippen LogP contribution >= 0.6 is 15.9 Å². The monoisotopic (exact) mass is 292 g/mol. The van der Waals surface area contributed by atoms with E-state index in [-0.39, 0.29) is 5.78 Å². The largest absolute Gasteiger partial charge is 0.327 e. The number of carbonyl (C=O) groups is 1. The molecular formula is C13H13BrN2O. The van der Waals surface area contributed by atoms with E-state index < -0.39 is 0 Å². The van der Waals surface area contributed by atoms with Gasteiger partial charge in [0, 0.05) is 28.9 Å². The lowest BCUT2D eigenvalue weighted by Crippen LogP contribution is -2.12. The SMILES string of the molecule is CCc1nccn1CC(=O)c1ccccc1Br. The van der Waals surface area contributed by atoms with Crippen molar-refractivity contribution in [2.24, 2.45) is 0 Å². The van der Waals surface area contributed by atoms with Crippen LogP contribution in [0.1, 0.15) is 23.1 Å². The van der Waals surface area contributed by atoms with Crippen molar-refractivity contribution in [3.05, 3.63) is 52.5 Å². The third kappa shape index (κ3) is 2.64. The molecule has 2 rings (SSSR count). The van der Waals surface area contributed by atoms with E-state index in [1.54, 1.807) is 6.20 Å². The fourth-order valence-electron chi connectivity index (χ4n) is 1.73. The molecule has 3 nitrogen and oxygen atoms in total. The Labute approximate surface area is 109 Å². The Morgan fingerprint density at radius 2 is 2.18 bits per heavy atom. The van der Waals surface area contributed by atoms with Crippen LogP contribution in [0.4, 0.5) is 0 Å². The van der Waals surface area contributed by atoms with Crippen LogP contribution in [-0.2, 0) is 13.0 Å². The normalized spacial score (nSPS) is 10.5. The summed E-state index contributed by atoms with van der Waals surface area (Å²) in [5.41, 5.74) is 0.711. The van der Waals surface area contributed by atoms with Gasteiger partial charge in [-0.05, 0) is 6.07 Å². The van der Waals surface area contributed by atoms with Crippen molar-refractivity contribution in [3.8, 4) is 0 Å². The predicted octanol–water partition coefficient (Wildman–Crippen LogP) is 3.09. The van der Waals surface area contributed by atoms with Crippen molar-refractivity contribution in [3.63, 3.8) is 0 Å². The molecule has 0 atom stereocenters. The Balaban J connectivity index is 2.20. The molecule has 0 amide bonds. The second-order valence-corrected chi connectivity index (χ2v) is 4.58. The molecule has 1 aromatic carbocycles. The van der Waals surface area contributed by atoms with Crippen molar-refractivity contribution in [1.82, 2.24) is 9.55 Å². The van der Waals surface area contributed by atoms with E-state index in [2.05, 4.69) is 20.9 Å². The minimum absolute atomic E-state index is 0.0881. The number of hydrogen-bond donors (Lipinski definition) is 0. The van der Waals surface area contributed by atoms with Crippen molar-refractivity contribution in [2.75, 3.05) is 0 Å². The Morgan fingerprint density at radius 1 is 1.41 bits per heavy atom. The Bertz CT molecular complexity index is 534. The van der Waals surface area contributed by atoms with Crippen LogP contribution in [0.15, 0.2) is 41.1 Å². The third-order valence-corrected chi connectivity index (χ3v) is 3.30. The number of halogens is 1. The molecule has 4 heteroatoms. The van der Waals surface area contributed by atoms with Crippen LogP contribution in [0, 0.1) is 0 Å². The number of aromatic nitrogens is 2. The number of benzene rings is 1. The molecule has 1 heterocycles. The summed E-state index contributed by atoms with van der Waals surface area (Å²) in [7, 11) is 0. The van der Waals surface area contributed by atoms with E-state index in [0.29, 0.717) is 12.1 Å². The second-order valence-electron chi connectivity index (χ2n) is 3.73. The summed E-state index contributed by atoms with van der Waals surface area (Å²) < 4.78 is 2.73. The fraction of sp³-hybridized carbons (Fsp3) is 0.231. The lowest BCUT2D eigenvalue weighted by Gasteiger charge is -2.07. The molecule has 0 saturated heterocycles. The highest BCUT2D eigenvalue weighted by Crippen LogP contribution is 2.17. The zero-order chi connectivity index (χ0) is 12.3. The average Bonchev–Trinajstić information content (AvgIpc) is 2.76. The van der Waals surface area contributed by atoms with Gasteiger partial charge in [-0.3, -0.25) is 4.79 Å². The van der Waals surface area contributed by atoms with Crippen LogP contribution < -0.4 is 0 Å². The zero-order valence-corrected chi connectivity index (χ0v) is 11.1. The maximum absolute atomic E-state index is 12.1. The minimum Gasteiger partial charge on any atom is -0.327 e. The number of ketones is 1. The van der Waals surface area contributed by atoms with E-state index in [1.807, 2.05) is 42.0 Å². The van der Waals surface area contributed by atoms with Gasteiger partial charge in [-0.15, -0.1) is 0 Å². The molecule has 88 valence electrons. The molecule has 0 fully saturated rings. The van der Waals surface area contributed by atoms with Gasteiger partial charge in [-0.1, -0.05) is 41.1 Å². The highest BCUT2D eigenvalue weighted by atomic mass is 79.9. The number of Topliss-reactive ketones (excluding diaryl/α,β-unsaturated/α-hetero) is 1. The summed E-state index contributed by atoms with van der Waals surface area (Å²) in [4.78, 5) is 16.3. The fourth-order valence-corrected chi connectivity index (χ4v) is 2.23. The molecule has 0 unspecified atom stereocenters. The van der Waals surface area contributed by atoms with Crippen LogP contribution in [0.5, 0.6) is 0 Å². The Hall–Kier alpha value is -1.42. The van der Waals surface area contributed by atoms with Gasteiger partial charge < -0.3 is 4.57 Å². The summed E-state index contributed by atoms with van der Waals surface area (Å²) in [6.45, 7) is 2.37. The van der Waals surface area contributed by atoms with E-state index in [4.69, 9.17) is 0 Å². The van der Waals surface area contributed by atoms with Gasteiger partial charge in [0.05, 0.1) is 6.54 Å². The minimum atomic E-state index is 0.0881. The standard InChI is InChI=1S/C13H13BrN2O/c1-2-13-15-7-8-16(13)9-12(17)10-5-3-4-6-11(10)14/h3-8H,2,9H2,1H3. The first kappa shape index (κ1) is 12.0. The van der Waals surface area contributed by atoms with Gasteiger partial charge in [-0.25, -0.2) is 4.98 Å². The van der Waals surface area contributed by atoms with Gasteiger partial charge in [0.15, 0.2) is 5.78 Å². The maximum Gasteiger partial charge on any atom is 0.183 e. The highest BCUT2D eigenvalue weighted by molar-refractivity contribution is 9.10. The third-order valence-electron chi connectivity index (χ3n) is 2.61. The zero-order valence-electron chi connectivity index (χ0n) is 9.56. The molecule has 2 aromatic rings. The molecule has 1 aromatic heterocycles. The Kier molecular flexibility index (Phi) is 3.74. The first-order valence-electron chi connectivity index (χ1n) is 5.50. The van der Waals surface area contributed by atoms with Gasteiger partial charge in [0.2, 0.25) is 0 Å². The summed E-state index contributed by atoms with van der Waals surface area (Å²) in [6.07, 6.45) is 4.40. The van der Waals surface area contributed by atoms with Gasteiger partial charge in [0.1, 0.15) is 5.82 Å². The molecule has 0 spiro atoms. The van der Waals surface area contributed by atoms with Gasteiger partial charge in [-0.2, -0.15) is 0 Å². The molecule has 0 radical (unpaired) electrons. The van der Waals surface area contributed by atoms with Crippen molar-refractivity contribution < 1.29 is 4.79 Å². The predicted molar refractivity (Wildman–Crippen MR) is 70.1 cm³/mol. The van der Waals surface area contributed by atoms with Gasteiger partial charge in [0.25, 0.3) is 0 Å². The number of imidazole rings is 1. The molecule has 17 heavy (non-hydrogen) atoms. The molecule has 0 aliphatic heterocycles. The van der Waals surface area contributed by atoms with E-state index >= 15 is 0 Å². The lowest BCUT2D eigenvalue weighted by molar-refractivity contribution is 0.0970. The van der Waals surface area contributed by atoms with E-state index in [1.165, 1.54) is 0 Å². The van der Waals surface area contributed by atoms with E-state index in [0.717, 1.165) is 16.7 Å². The van der Waals surface area contributed by atoms with Crippen LogP contribution in [0.25, 0.3) is 0 Å². The first-order valence-corrected chi connectivity index (χ1v) is 6.29. The molecule has 0 aliphatic carbocycles. The number of rotatable bonds is 4. The first-order chi connectivity index (χ1) is 8.22. The molecule has 0 aliphatic rings. The number of aryl methyl sites for hydroxylation is 1. The maximum atomic E-state index is 12.1. The Morgan fingerprint density at radius 3 is 2.88 bits per heavy atom. The quantitative estimate of drug-likeness (QED) is 0.812. The topological polar surface area (TPSA) is 34.9 Å². The van der Waals surface area contributed by atoms with Gasteiger partial charge >= 0.3 is 0 Å². The molecule has 0 bridgehead atoms. The highest BCUT2D eigenvalue weighted by Gasteiger charge is 2.11. The number of nitrogens with zero attached hydrogens (tertiary/aromatic N) is 2. The van der Waals surface area contributed by atoms with Crippen molar-refractivity contribution in [1.29, 1.82) is 0 Å². The molecular weight excluding hydrogens is 280 g/mol. The second kappa shape index (κ2) is 5.27. The molecule has 0 N–H and O–H groups in total. The lowest BCUT2D eigenvalue weighted by atomic mass is 10.1. The summed E-state index contributed by atoms with van der Waals surface area (Å²) in [6, 6.07) is 7.47. The summed E-state index contributed by atoms with van der Waals surface area (Å²) in [5, 5.41) is 0. The van der Waals surface area contributed by atoms with E-state index in [9.17, 15) is 4.79 Å². The number of hydrogen-bond acceptors (Lipinski definition) is 2. The summed E-state index contributed by atoms with van der Waals surface area (Å²) in [5.74, 6) is 1.02. The van der Waals surface area contributed by atoms with Crippen LogP contribution in [0.3, 0.4) is 0 Å². The van der Waals surface area contributed by atoms with Crippen molar-refractivity contribution in [2.45, 2.75) is 19.9 Å². The number of carbonyl (C=O) groups excluding carboxylic acids is 1. The van der Waals surface area contributed by atoms with Crippen molar-refractivity contribution >= 4 is 21.7 Å². The summed E-state index contributed by atoms with van der Waals surface area (Å²) >= 11 is 3.39. The van der Waals surface area contributed by atoms with Crippen LogP contribution in [0.2, 0.25) is 0 Å². The smallest absolute Gasteiger partial charge is 0.183 e. The van der Waals surface area contributed by atoms with Crippen LogP contribution in [-0.4, -0.2) is 15.3 Å². The molecule has 0 saturated carbocycles. The average molecular weight is 293 g/mol.